The van der Waals surface area contributed by atoms with Crippen LogP contribution in [-0.2, 0) is 16.4 Å². The van der Waals surface area contributed by atoms with Crippen LogP contribution in [0.4, 0.5) is 5.69 Å². The molecule has 0 fully saturated rings. The number of nitrogens with one attached hydrogen (secondary N) is 2. The SMILES string of the molecule is NC(N)=NNC1=CCc2ccc(NS(=O)(=O)c3c(Cl)nc4sccn34)cc21. The maximum Gasteiger partial charge on any atom is 0.281 e. The van der Waals surface area contributed by atoms with Crippen LogP contribution in [0.15, 0.2) is 46.0 Å². The average Bonchev–Trinajstić information content (AvgIpc) is 3.26. The average molecular weight is 424 g/mol. The minimum absolute atomic E-state index is 0.0782. The van der Waals surface area contributed by atoms with Crippen molar-refractivity contribution in [2.24, 2.45) is 16.6 Å². The van der Waals surface area contributed by atoms with Crippen molar-refractivity contribution in [1.82, 2.24) is 14.8 Å². The van der Waals surface area contributed by atoms with E-state index in [9.17, 15) is 8.42 Å². The zero-order chi connectivity index (χ0) is 19.2. The van der Waals surface area contributed by atoms with Gasteiger partial charge in [0.2, 0.25) is 5.96 Å². The molecule has 0 amide bonds. The fraction of sp³-hybridized carbons (Fsp3) is 0.0667. The molecule has 1 aliphatic rings. The topological polar surface area (TPSA) is 140 Å². The van der Waals surface area contributed by atoms with Gasteiger partial charge in [-0.1, -0.05) is 23.7 Å². The highest BCUT2D eigenvalue weighted by Gasteiger charge is 2.26. The second-order valence-electron chi connectivity index (χ2n) is 5.71. The van der Waals surface area contributed by atoms with E-state index in [0.29, 0.717) is 22.8 Å². The van der Waals surface area contributed by atoms with Crippen LogP contribution in [0.2, 0.25) is 5.15 Å². The van der Waals surface area contributed by atoms with Crippen LogP contribution in [0.5, 0.6) is 0 Å². The summed E-state index contributed by atoms with van der Waals surface area (Å²) in [5, 5.41) is 5.33. The standard InChI is InChI=1S/C15H14ClN7O2S2/c16-12-13(23-5-6-26-15(23)19-12)27(24,25)22-9-3-1-8-2-4-11(10(8)7-9)20-21-14(17)18/h1,3-7,20,22H,2H2,(H4,17,18,21). The first-order valence-corrected chi connectivity index (χ1v) is 10.4. The number of nitrogens with two attached hydrogens (primary N) is 2. The Morgan fingerprint density at radius 3 is 2.96 bits per heavy atom. The number of anilines is 1. The maximum atomic E-state index is 12.9. The number of fused-ring (bicyclic) bond motifs is 2. The van der Waals surface area contributed by atoms with Crippen molar-refractivity contribution in [3.8, 4) is 0 Å². The molecule has 12 heteroatoms. The highest BCUT2D eigenvalue weighted by Crippen LogP contribution is 2.31. The Morgan fingerprint density at radius 2 is 2.19 bits per heavy atom. The molecule has 1 aliphatic carbocycles. The summed E-state index contributed by atoms with van der Waals surface area (Å²) < 4.78 is 29.7. The second kappa shape index (κ2) is 6.44. The van der Waals surface area contributed by atoms with Crippen molar-refractivity contribution in [2.75, 3.05) is 4.72 Å². The summed E-state index contributed by atoms with van der Waals surface area (Å²) in [4.78, 5) is 4.56. The third kappa shape index (κ3) is 3.20. The number of rotatable bonds is 5. The number of guanidine groups is 1. The molecule has 0 radical (unpaired) electrons. The van der Waals surface area contributed by atoms with Gasteiger partial charge in [-0.05, 0) is 24.1 Å². The van der Waals surface area contributed by atoms with Crippen molar-refractivity contribution in [1.29, 1.82) is 0 Å². The Morgan fingerprint density at radius 1 is 1.37 bits per heavy atom. The van der Waals surface area contributed by atoms with Crippen molar-refractivity contribution in [2.45, 2.75) is 11.4 Å². The lowest BCUT2D eigenvalue weighted by Gasteiger charge is -2.11. The van der Waals surface area contributed by atoms with Gasteiger partial charge >= 0.3 is 0 Å². The first-order valence-electron chi connectivity index (χ1n) is 7.67. The Kier molecular flexibility index (Phi) is 4.21. The van der Waals surface area contributed by atoms with Crippen LogP contribution in [0, 0.1) is 0 Å². The van der Waals surface area contributed by atoms with Gasteiger partial charge in [0.25, 0.3) is 10.0 Å². The number of halogens is 1. The van der Waals surface area contributed by atoms with Gasteiger partial charge in [0, 0.05) is 22.8 Å². The Labute approximate surface area is 163 Å². The molecular weight excluding hydrogens is 410 g/mol. The van der Waals surface area contributed by atoms with Crippen LogP contribution in [0.1, 0.15) is 11.1 Å². The number of sulfonamides is 1. The number of allylic oxidation sites excluding steroid dienone is 1. The molecule has 3 aromatic rings. The molecule has 0 bridgehead atoms. The third-order valence-corrected chi connectivity index (χ3v) is 6.45. The lowest BCUT2D eigenvalue weighted by molar-refractivity contribution is 0.596. The zero-order valence-electron chi connectivity index (χ0n) is 13.7. The van der Waals surface area contributed by atoms with E-state index in [2.05, 4.69) is 20.2 Å². The van der Waals surface area contributed by atoms with Gasteiger partial charge in [0.05, 0.1) is 5.70 Å². The molecular formula is C15H14ClN7O2S2. The van der Waals surface area contributed by atoms with Crippen LogP contribution in [0.25, 0.3) is 10.7 Å². The molecule has 9 nitrogen and oxygen atoms in total. The molecule has 0 aliphatic heterocycles. The van der Waals surface area contributed by atoms with Gasteiger partial charge in [0.15, 0.2) is 15.1 Å². The summed E-state index contributed by atoms with van der Waals surface area (Å²) in [6, 6.07) is 5.24. The van der Waals surface area contributed by atoms with Crippen LogP contribution >= 0.6 is 22.9 Å². The summed E-state index contributed by atoms with van der Waals surface area (Å²) in [6.07, 6.45) is 4.21. The van der Waals surface area contributed by atoms with E-state index in [1.165, 1.54) is 15.7 Å². The molecule has 0 atom stereocenters. The fourth-order valence-electron chi connectivity index (χ4n) is 2.80. The van der Waals surface area contributed by atoms with E-state index in [0.717, 1.165) is 11.1 Å². The van der Waals surface area contributed by atoms with Crippen molar-refractivity contribution in [3.05, 3.63) is 52.1 Å². The van der Waals surface area contributed by atoms with E-state index < -0.39 is 10.0 Å². The molecule has 0 spiro atoms. The molecule has 0 saturated carbocycles. The third-order valence-electron chi connectivity index (χ3n) is 3.92. The predicted octanol–water partition coefficient (Wildman–Crippen LogP) is 1.53. The zero-order valence-corrected chi connectivity index (χ0v) is 16.1. The number of hydrazone groups is 1. The molecule has 6 N–H and O–H groups in total. The molecule has 0 saturated heterocycles. The molecule has 27 heavy (non-hydrogen) atoms. The van der Waals surface area contributed by atoms with Gasteiger partial charge < -0.3 is 11.5 Å². The normalized spacial score (nSPS) is 13.3. The smallest absolute Gasteiger partial charge is 0.281 e. The minimum atomic E-state index is -3.94. The summed E-state index contributed by atoms with van der Waals surface area (Å²) in [6.45, 7) is 0. The highest BCUT2D eigenvalue weighted by molar-refractivity contribution is 7.92. The lowest BCUT2D eigenvalue weighted by atomic mass is 10.1. The summed E-state index contributed by atoms with van der Waals surface area (Å²) in [5.74, 6) is -0.101. The van der Waals surface area contributed by atoms with Gasteiger partial charge in [-0.15, -0.1) is 16.4 Å². The van der Waals surface area contributed by atoms with Gasteiger partial charge in [-0.2, -0.15) is 8.42 Å². The van der Waals surface area contributed by atoms with E-state index in [-0.39, 0.29) is 16.1 Å². The Hall–Kier alpha value is -2.76. The molecule has 2 aromatic heterocycles. The molecule has 4 rings (SSSR count). The first kappa shape index (κ1) is 17.6. The lowest BCUT2D eigenvalue weighted by Crippen LogP contribution is -2.25. The van der Waals surface area contributed by atoms with Crippen molar-refractivity contribution < 1.29 is 8.42 Å². The molecule has 2 heterocycles. The van der Waals surface area contributed by atoms with Gasteiger partial charge in [-0.25, -0.2) is 4.98 Å². The summed E-state index contributed by atoms with van der Waals surface area (Å²) in [5.41, 5.74) is 16.4. The van der Waals surface area contributed by atoms with Gasteiger partial charge in [-0.3, -0.25) is 14.5 Å². The number of benzene rings is 1. The number of hydrogen-bond donors (Lipinski definition) is 4. The minimum Gasteiger partial charge on any atom is -0.369 e. The van der Waals surface area contributed by atoms with Gasteiger partial charge in [0.1, 0.15) is 0 Å². The number of aromatic nitrogens is 2. The molecule has 140 valence electrons. The number of nitrogens with zero attached hydrogens (tertiary/aromatic N) is 3. The first-order chi connectivity index (χ1) is 12.8. The number of imidazole rings is 1. The molecule has 1 aromatic carbocycles. The number of hydrogen-bond acceptors (Lipinski definition) is 6. The van der Waals surface area contributed by atoms with Crippen molar-refractivity contribution >= 4 is 55.3 Å². The van der Waals surface area contributed by atoms with Crippen LogP contribution < -0.4 is 21.6 Å². The van der Waals surface area contributed by atoms with Crippen molar-refractivity contribution in [3.63, 3.8) is 0 Å². The largest absolute Gasteiger partial charge is 0.369 e. The highest BCUT2D eigenvalue weighted by atomic mass is 35.5. The fourth-order valence-corrected chi connectivity index (χ4v) is 5.31. The summed E-state index contributed by atoms with van der Waals surface area (Å²) in [7, 11) is -3.94. The van der Waals surface area contributed by atoms with E-state index in [1.807, 2.05) is 12.1 Å². The molecule has 0 unspecified atom stereocenters. The Bertz CT molecular complexity index is 1210. The monoisotopic (exact) mass is 423 g/mol. The number of thiazole rings is 1. The maximum absolute atomic E-state index is 12.9. The second-order valence-corrected chi connectivity index (χ2v) is 8.54. The summed E-state index contributed by atoms with van der Waals surface area (Å²) >= 11 is 7.34. The quantitative estimate of drug-likeness (QED) is 0.278. The van der Waals surface area contributed by atoms with E-state index >= 15 is 0 Å². The Balaban J connectivity index is 1.67. The predicted molar refractivity (Wildman–Crippen MR) is 106 cm³/mol. The van der Waals surface area contributed by atoms with E-state index in [1.54, 1.807) is 23.7 Å². The van der Waals surface area contributed by atoms with Crippen LogP contribution in [0.3, 0.4) is 0 Å². The van der Waals surface area contributed by atoms with Crippen LogP contribution in [-0.4, -0.2) is 23.8 Å². The van der Waals surface area contributed by atoms with E-state index in [4.69, 9.17) is 23.1 Å².